The molecule has 2 heterocycles. The number of amides is 2. The highest BCUT2D eigenvalue weighted by Crippen LogP contribution is 2.24. The maximum atomic E-state index is 12.9. The molecule has 1 N–H and O–H groups in total. The molecular formula is C19H22N4O4. The van der Waals surface area contributed by atoms with Gasteiger partial charge >= 0.3 is 0 Å². The molecule has 27 heavy (non-hydrogen) atoms. The second kappa shape index (κ2) is 7.61. The van der Waals surface area contributed by atoms with Crippen molar-refractivity contribution >= 4 is 11.8 Å². The Balaban J connectivity index is 1.67. The minimum atomic E-state index is -0.355. The van der Waals surface area contributed by atoms with Gasteiger partial charge < -0.3 is 14.5 Å². The number of H-pyrrole nitrogens is 1. The van der Waals surface area contributed by atoms with Crippen molar-refractivity contribution in [3.63, 3.8) is 0 Å². The second-order valence-corrected chi connectivity index (χ2v) is 6.53. The molecule has 1 aromatic heterocycles. The minimum Gasteiger partial charge on any atom is -0.496 e. The van der Waals surface area contributed by atoms with Crippen molar-refractivity contribution in [2.45, 2.75) is 13.8 Å². The Morgan fingerprint density at radius 1 is 1.00 bits per heavy atom. The van der Waals surface area contributed by atoms with E-state index in [0.717, 1.165) is 16.9 Å². The zero-order chi connectivity index (χ0) is 19.6. The standard InChI is InChI=1S/C19H22N4O4/c1-12-11-16(27-3)13(2)10-14(12)18(25)22-6-8-23(9-7-22)19(26)15-4-5-17(24)21-20-15/h4-5,10-11H,6-9H2,1-3H3,(H,21,24). The summed E-state index contributed by atoms with van der Waals surface area (Å²) in [5.41, 5.74) is 2.25. The summed E-state index contributed by atoms with van der Waals surface area (Å²) in [6.07, 6.45) is 0. The van der Waals surface area contributed by atoms with Crippen LogP contribution in [-0.2, 0) is 0 Å². The fourth-order valence-electron chi connectivity index (χ4n) is 3.15. The smallest absolute Gasteiger partial charge is 0.274 e. The quantitative estimate of drug-likeness (QED) is 0.869. The molecule has 3 rings (SSSR count). The maximum Gasteiger partial charge on any atom is 0.274 e. The molecule has 0 saturated carbocycles. The Kier molecular flexibility index (Phi) is 5.25. The van der Waals surface area contributed by atoms with Crippen molar-refractivity contribution < 1.29 is 14.3 Å². The van der Waals surface area contributed by atoms with E-state index in [2.05, 4.69) is 10.2 Å². The summed E-state index contributed by atoms with van der Waals surface area (Å²) < 4.78 is 5.30. The maximum absolute atomic E-state index is 12.9. The first kappa shape index (κ1) is 18.6. The normalized spacial score (nSPS) is 14.2. The van der Waals surface area contributed by atoms with Gasteiger partial charge in [-0.2, -0.15) is 5.10 Å². The van der Waals surface area contributed by atoms with E-state index >= 15 is 0 Å². The Morgan fingerprint density at radius 3 is 2.19 bits per heavy atom. The molecule has 0 unspecified atom stereocenters. The summed E-state index contributed by atoms with van der Waals surface area (Å²) in [6.45, 7) is 5.51. The van der Waals surface area contributed by atoms with Crippen LogP contribution in [0.3, 0.4) is 0 Å². The largest absolute Gasteiger partial charge is 0.496 e. The number of hydrogen-bond donors (Lipinski definition) is 1. The van der Waals surface area contributed by atoms with Crippen molar-refractivity contribution in [3.8, 4) is 5.75 Å². The number of nitrogens with zero attached hydrogens (tertiary/aromatic N) is 3. The first-order chi connectivity index (χ1) is 12.9. The van der Waals surface area contributed by atoms with Crippen LogP contribution in [0.1, 0.15) is 32.0 Å². The molecule has 1 saturated heterocycles. The number of benzene rings is 1. The third-order valence-electron chi connectivity index (χ3n) is 4.72. The van der Waals surface area contributed by atoms with Gasteiger partial charge in [-0.25, -0.2) is 5.10 Å². The summed E-state index contributed by atoms with van der Waals surface area (Å²) in [4.78, 5) is 39.8. The molecule has 0 bridgehead atoms. The van der Waals surface area contributed by atoms with Crippen molar-refractivity contribution in [3.05, 3.63) is 57.0 Å². The van der Waals surface area contributed by atoms with Crippen LogP contribution in [0.5, 0.6) is 5.75 Å². The number of methoxy groups -OCH3 is 1. The molecule has 142 valence electrons. The Hall–Kier alpha value is -3.16. The lowest BCUT2D eigenvalue weighted by molar-refractivity contribution is 0.0531. The van der Waals surface area contributed by atoms with Crippen molar-refractivity contribution in [2.75, 3.05) is 33.3 Å². The zero-order valence-electron chi connectivity index (χ0n) is 15.6. The van der Waals surface area contributed by atoms with E-state index < -0.39 is 0 Å². The molecule has 2 amide bonds. The highest BCUT2D eigenvalue weighted by Gasteiger charge is 2.27. The number of hydrogen-bond acceptors (Lipinski definition) is 5. The molecule has 8 nitrogen and oxygen atoms in total. The topological polar surface area (TPSA) is 95.6 Å². The predicted molar refractivity (Wildman–Crippen MR) is 99.1 cm³/mol. The molecular weight excluding hydrogens is 348 g/mol. The first-order valence-corrected chi connectivity index (χ1v) is 8.70. The number of carbonyl (C=O) groups is 2. The van der Waals surface area contributed by atoms with Crippen LogP contribution < -0.4 is 10.3 Å². The van der Waals surface area contributed by atoms with Crippen LogP contribution in [0.4, 0.5) is 0 Å². The van der Waals surface area contributed by atoms with Gasteiger partial charge in [-0.05, 0) is 43.2 Å². The van der Waals surface area contributed by atoms with Crippen molar-refractivity contribution in [1.82, 2.24) is 20.0 Å². The van der Waals surface area contributed by atoms with E-state index in [-0.39, 0.29) is 23.1 Å². The summed E-state index contributed by atoms with van der Waals surface area (Å²) >= 11 is 0. The number of carbonyl (C=O) groups excluding carboxylic acids is 2. The first-order valence-electron chi connectivity index (χ1n) is 8.70. The lowest BCUT2D eigenvalue weighted by Crippen LogP contribution is -2.51. The summed E-state index contributed by atoms with van der Waals surface area (Å²) in [5.74, 6) is 0.454. The number of aryl methyl sites for hydroxylation is 2. The third-order valence-corrected chi connectivity index (χ3v) is 4.72. The van der Waals surface area contributed by atoms with Gasteiger partial charge in [0.25, 0.3) is 17.4 Å². The second-order valence-electron chi connectivity index (χ2n) is 6.53. The molecule has 1 aromatic carbocycles. The SMILES string of the molecule is COc1cc(C)c(C(=O)N2CCN(C(=O)c3ccc(=O)[nH]n3)CC2)cc1C. The fourth-order valence-corrected chi connectivity index (χ4v) is 3.15. The lowest BCUT2D eigenvalue weighted by Gasteiger charge is -2.34. The highest BCUT2D eigenvalue weighted by atomic mass is 16.5. The van der Waals surface area contributed by atoms with E-state index in [0.29, 0.717) is 31.7 Å². The predicted octanol–water partition coefficient (Wildman–Crippen LogP) is 0.994. The van der Waals surface area contributed by atoms with E-state index in [9.17, 15) is 14.4 Å². The van der Waals surface area contributed by atoms with Crippen LogP contribution in [0, 0.1) is 13.8 Å². The van der Waals surface area contributed by atoms with Gasteiger partial charge in [0.05, 0.1) is 7.11 Å². The molecule has 0 spiro atoms. The third kappa shape index (κ3) is 3.84. The molecule has 1 aliphatic rings. The molecule has 2 aromatic rings. The number of aromatic amines is 1. The number of ether oxygens (including phenoxy) is 1. The van der Waals surface area contributed by atoms with Gasteiger partial charge in [0.15, 0.2) is 0 Å². The van der Waals surface area contributed by atoms with Gasteiger partial charge in [0.2, 0.25) is 0 Å². The van der Waals surface area contributed by atoms with E-state index in [1.807, 2.05) is 26.0 Å². The Bertz CT molecular complexity index is 909. The van der Waals surface area contributed by atoms with Gasteiger partial charge in [0.1, 0.15) is 11.4 Å². The van der Waals surface area contributed by atoms with Crippen LogP contribution >= 0.6 is 0 Å². The fraction of sp³-hybridized carbons (Fsp3) is 0.368. The average Bonchev–Trinajstić information content (AvgIpc) is 2.69. The van der Waals surface area contributed by atoms with Crippen molar-refractivity contribution in [2.24, 2.45) is 0 Å². The average molecular weight is 370 g/mol. The molecule has 1 aliphatic heterocycles. The van der Waals surface area contributed by atoms with Gasteiger partial charge in [0, 0.05) is 37.8 Å². The number of aromatic nitrogens is 2. The molecule has 1 fully saturated rings. The van der Waals surface area contributed by atoms with Crippen LogP contribution in [0.25, 0.3) is 0 Å². The summed E-state index contributed by atoms with van der Waals surface area (Å²) in [6, 6.07) is 6.39. The van der Waals surface area contributed by atoms with Crippen LogP contribution in [0.2, 0.25) is 0 Å². The van der Waals surface area contributed by atoms with E-state index in [1.165, 1.54) is 12.1 Å². The lowest BCUT2D eigenvalue weighted by atomic mass is 10.0. The Morgan fingerprint density at radius 2 is 1.63 bits per heavy atom. The summed E-state index contributed by atoms with van der Waals surface area (Å²) in [5, 5.41) is 6.03. The van der Waals surface area contributed by atoms with Crippen LogP contribution in [-0.4, -0.2) is 65.1 Å². The number of rotatable bonds is 3. The Labute approximate surface area is 156 Å². The van der Waals surface area contributed by atoms with Crippen molar-refractivity contribution in [1.29, 1.82) is 0 Å². The monoisotopic (exact) mass is 370 g/mol. The van der Waals surface area contributed by atoms with E-state index in [1.54, 1.807) is 16.9 Å². The van der Waals surface area contributed by atoms with Gasteiger partial charge in [-0.3, -0.25) is 14.4 Å². The highest BCUT2D eigenvalue weighted by molar-refractivity contribution is 5.96. The van der Waals surface area contributed by atoms with E-state index in [4.69, 9.17) is 4.74 Å². The minimum absolute atomic E-state index is 0.0486. The molecule has 0 atom stereocenters. The van der Waals surface area contributed by atoms with Gasteiger partial charge in [-0.15, -0.1) is 0 Å². The number of piperazine rings is 1. The summed E-state index contributed by atoms with van der Waals surface area (Å²) in [7, 11) is 1.61. The number of nitrogens with one attached hydrogen (secondary N) is 1. The van der Waals surface area contributed by atoms with Gasteiger partial charge in [-0.1, -0.05) is 0 Å². The zero-order valence-corrected chi connectivity index (χ0v) is 15.6. The molecule has 0 aliphatic carbocycles. The molecule has 0 radical (unpaired) electrons. The van der Waals surface area contributed by atoms with Crippen LogP contribution in [0.15, 0.2) is 29.1 Å². The molecule has 8 heteroatoms.